The number of benzene rings is 1. The molecule has 1 aromatic carbocycles. The molecule has 1 saturated carbocycles. The Morgan fingerprint density at radius 2 is 2.00 bits per heavy atom. The molecule has 2 unspecified atom stereocenters. The van der Waals surface area contributed by atoms with Gasteiger partial charge >= 0.3 is 0 Å². The molecule has 1 aromatic rings. The molecule has 0 saturated heterocycles. The zero-order chi connectivity index (χ0) is 14.5. The lowest BCUT2D eigenvalue weighted by Crippen LogP contribution is -2.40. The van der Waals surface area contributed by atoms with E-state index < -0.39 is 0 Å². The summed E-state index contributed by atoms with van der Waals surface area (Å²) >= 11 is 0. The summed E-state index contributed by atoms with van der Waals surface area (Å²) in [5.74, 6) is 0.877. The third-order valence-corrected chi connectivity index (χ3v) is 5.32. The molecular weight excluding hydrogens is 258 g/mol. The summed E-state index contributed by atoms with van der Waals surface area (Å²) < 4.78 is 6.02. The van der Waals surface area contributed by atoms with E-state index in [-0.39, 0.29) is 6.10 Å². The van der Waals surface area contributed by atoms with Gasteiger partial charge in [-0.3, -0.25) is 0 Å². The van der Waals surface area contributed by atoms with E-state index in [0.717, 1.165) is 25.5 Å². The molecule has 116 valence electrons. The summed E-state index contributed by atoms with van der Waals surface area (Å²) in [6, 6.07) is 9.44. The van der Waals surface area contributed by atoms with Gasteiger partial charge in [-0.25, -0.2) is 0 Å². The van der Waals surface area contributed by atoms with Crippen LogP contribution in [0.4, 0.5) is 0 Å². The molecule has 0 radical (unpaired) electrons. The van der Waals surface area contributed by atoms with Gasteiger partial charge in [0.15, 0.2) is 0 Å². The van der Waals surface area contributed by atoms with Crippen molar-refractivity contribution in [3.05, 3.63) is 35.4 Å². The molecule has 1 heterocycles. The molecule has 0 amide bonds. The SMILES string of the molecule is CCC(NCC1OCCc2ccccc21)C1CCCCC1. The predicted octanol–water partition coefficient (Wildman–Crippen LogP) is 4.25. The van der Waals surface area contributed by atoms with Gasteiger partial charge in [-0.1, -0.05) is 50.5 Å². The Morgan fingerprint density at radius 1 is 1.19 bits per heavy atom. The average Bonchev–Trinajstić information content (AvgIpc) is 2.56. The topological polar surface area (TPSA) is 21.3 Å². The van der Waals surface area contributed by atoms with Crippen LogP contribution in [0.25, 0.3) is 0 Å². The van der Waals surface area contributed by atoms with E-state index in [2.05, 4.69) is 36.5 Å². The van der Waals surface area contributed by atoms with Gasteiger partial charge in [-0.2, -0.15) is 0 Å². The molecule has 21 heavy (non-hydrogen) atoms. The highest BCUT2D eigenvalue weighted by Gasteiger charge is 2.25. The van der Waals surface area contributed by atoms with E-state index in [1.807, 2.05) is 0 Å². The third kappa shape index (κ3) is 3.67. The summed E-state index contributed by atoms with van der Waals surface area (Å²) in [4.78, 5) is 0. The Labute approximate surface area is 129 Å². The van der Waals surface area contributed by atoms with Crippen molar-refractivity contribution in [3.63, 3.8) is 0 Å². The zero-order valence-corrected chi connectivity index (χ0v) is 13.3. The fraction of sp³-hybridized carbons (Fsp3) is 0.684. The van der Waals surface area contributed by atoms with Crippen LogP contribution in [-0.2, 0) is 11.2 Å². The van der Waals surface area contributed by atoms with Crippen LogP contribution in [0, 0.1) is 5.92 Å². The minimum Gasteiger partial charge on any atom is -0.372 e. The predicted molar refractivity (Wildman–Crippen MR) is 87.5 cm³/mol. The van der Waals surface area contributed by atoms with Crippen LogP contribution in [0.2, 0.25) is 0 Å². The Morgan fingerprint density at radius 3 is 2.81 bits per heavy atom. The summed E-state index contributed by atoms with van der Waals surface area (Å²) in [6.45, 7) is 4.15. The van der Waals surface area contributed by atoms with Crippen LogP contribution in [0.5, 0.6) is 0 Å². The summed E-state index contributed by atoms with van der Waals surface area (Å²) in [5.41, 5.74) is 2.87. The number of hydrogen-bond donors (Lipinski definition) is 1. The van der Waals surface area contributed by atoms with Gasteiger partial charge in [-0.15, -0.1) is 0 Å². The minimum atomic E-state index is 0.243. The number of nitrogens with one attached hydrogen (secondary N) is 1. The van der Waals surface area contributed by atoms with Crippen molar-refractivity contribution in [3.8, 4) is 0 Å². The highest BCUT2D eigenvalue weighted by Crippen LogP contribution is 2.29. The van der Waals surface area contributed by atoms with Gasteiger partial charge in [0.1, 0.15) is 0 Å². The van der Waals surface area contributed by atoms with Crippen molar-refractivity contribution in [2.45, 2.75) is 64.0 Å². The number of ether oxygens (including phenoxy) is 1. The molecule has 2 nitrogen and oxygen atoms in total. The second-order valence-electron chi connectivity index (χ2n) is 6.63. The van der Waals surface area contributed by atoms with Crippen molar-refractivity contribution < 1.29 is 4.74 Å². The van der Waals surface area contributed by atoms with Crippen molar-refractivity contribution in [1.29, 1.82) is 0 Å². The molecule has 3 rings (SSSR count). The molecule has 1 fully saturated rings. The van der Waals surface area contributed by atoms with Gasteiger partial charge in [0, 0.05) is 12.6 Å². The molecule has 1 N–H and O–H groups in total. The largest absolute Gasteiger partial charge is 0.372 e. The molecule has 2 atom stereocenters. The Kier molecular flexibility index (Phi) is 5.32. The zero-order valence-electron chi connectivity index (χ0n) is 13.3. The lowest BCUT2D eigenvalue weighted by molar-refractivity contribution is 0.0382. The standard InChI is InChI=1S/C19H29NO/c1-2-18(16-9-4-3-5-10-16)20-14-19-17-11-7-6-8-15(17)12-13-21-19/h6-8,11,16,18-20H,2-5,9-10,12-14H2,1H3. The maximum Gasteiger partial charge on any atom is 0.0952 e. The quantitative estimate of drug-likeness (QED) is 0.874. The van der Waals surface area contributed by atoms with Crippen LogP contribution in [0.15, 0.2) is 24.3 Å². The van der Waals surface area contributed by atoms with Crippen LogP contribution in [0.1, 0.15) is 62.7 Å². The van der Waals surface area contributed by atoms with Gasteiger partial charge in [0.2, 0.25) is 0 Å². The molecule has 2 aliphatic rings. The molecule has 0 aromatic heterocycles. The second-order valence-corrected chi connectivity index (χ2v) is 6.63. The van der Waals surface area contributed by atoms with Crippen LogP contribution in [-0.4, -0.2) is 19.2 Å². The van der Waals surface area contributed by atoms with Crippen LogP contribution < -0.4 is 5.32 Å². The first kappa shape index (κ1) is 15.1. The Hall–Kier alpha value is -0.860. The average molecular weight is 287 g/mol. The van der Waals surface area contributed by atoms with Gasteiger partial charge in [0.05, 0.1) is 12.7 Å². The summed E-state index contributed by atoms with van der Waals surface area (Å²) in [5, 5.41) is 3.82. The van der Waals surface area contributed by atoms with E-state index in [0.29, 0.717) is 6.04 Å². The van der Waals surface area contributed by atoms with Gasteiger partial charge in [0.25, 0.3) is 0 Å². The first-order valence-electron chi connectivity index (χ1n) is 8.81. The van der Waals surface area contributed by atoms with Crippen LogP contribution >= 0.6 is 0 Å². The molecule has 2 heteroatoms. The van der Waals surface area contributed by atoms with Crippen molar-refractivity contribution in [2.24, 2.45) is 5.92 Å². The number of hydrogen-bond acceptors (Lipinski definition) is 2. The fourth-order valence-corrected chi connectivity index (χ4v) is 4.09. The fourth-order valence-electron chi connectivity index (χ4n) is 4.09. The lowest BCUT2D eigenvalue weighted by atomic mass is 9.83. The third-order valence-electron chi connectivity index (χ3n) is 5.32. The highest BCUT2D eigenvalue weighted by atomic mass is 16.5. The number of rotatable bonds is 5. The highest BCUT2D eigenvalue weighted by molar-refractivity contribution is 5.31. The number of fused-ring (bicyclic) bond motifs is 1. The summed E-state index contributed by atoms with van der Waals surface area (Å²) in [7, 11) is 0. The first-order chi connectivity index (χ1) is 10.4. The maximum absolute atomic E-state index is 6.02. The monoisotopic (exact) mass is 287 g/mol. The minimum absolute atomic E-state index is 0.243. The molecule has 1 aliphatic heterocycles. The van der Waals surface area contributed by atoms with Crippen molar-refractivity contribution >= 4 is 0 Å². The lowest BCUT2D eigenvalue weighted by Gasteiger charge is -2.33. The molecule has 1 aliphatic carbocycles. The second kappa shape index (κ2) is 7.42. The smallest absolute Gasteiger partial charge is 0.0952 e. The van der Waals surface area contributed by atoms with E-state index >= 15 is 0 Å². The van der Waals surface area contributed by atoms with E-state index in [9.17, 15) is 0 Å². The normalized spacial score (nSPS) is 24.5. The first-order valence-corrected chi connectivity index (χ1v) is 8.81. The van der Waals surface area contributed by atoms with Crippen LogP contribution in [0.3, 0.4) is 0 Å². The molecular formula is C19H29NO. The van der Waals surface area contributed by atoms with E-state index in [1.165, 1.54) is 49.7 Å². The van der Waals surface area contributed by atoms with E-state index in [4.69, 9.17) is 4.74 Å². The van der Waals surface area contributed by atoms with Gasteiger partial charge < -0.3 is 10.1 Å². The summed E-state index contributed by atoms with van der Waals surface area (Å²) in [6.07, 6.45) is 9.64. The Bertz CT molecular complexity index is 439. The molecule has 0 spiro atoms. The maximum atomic E-state index is 6.02. The van der Waals surface area contributed by atoms with E-state index in [1.54, 1.807) is 0 Å². The van der Waals surface area contributed by atoms with Crippen molar-refractivity contribution in [1.82, 2.24) is 5.32 Å². The van der Waals surface area contributed by atoms with Crippen molar-refractivity contribution in [2.75, 3.05) is 13.2 Å². The Balaban J connectivity index is 1.59. The molecule has 0 bridgehead atoms. The van der Waals surface area contributed by atoms with Gasteiger partial charge in [-0.05, 0) is 42.7 Å².